The number of epoxide rings is 1. The van der Waals surface area contributed by atoms with E-state index in [1.165, 1.54) is 58.5 Å². The van der Waals surface area contributed by atoms with Crippen LogP contribution in [0.4, 0.5) is 10.2 Å². The third-order valence-corrected chi connectivity index (χ3v) is 5.44. The van der Waals surface area contributed by atoms with Crippen LogP contribution in [0.5, 0.6) is 0 Å². The van der Waals surface area contributed by atoms with Crippen LogP contribution in [0.15, 0.2) is 41.4 Å². The summed E-state index contributed by atoms with van der Waals surface area (Å²) >= 11 is 1.34. The van der Waals surface area contributed by atoms with Gasteiger partial charge >= 0.3 is 5.97 Å². The van der Waals surface area contributed by atoms with Gasteiger partial charge in [0, 0.05) is 18.8 Å². The van der Waals surface area contributed by atoms with Crippen molar-refractivity contribution in [1.82, 2.24) is 25.0 Å². The summed E-state index contributed by atoms with van der Waals surface area (Å²) in [6, 6.07) is 4.54. The molecule has 1 amide bonds. The third kappa shape index (κ3) is 4.33. The zero-order chi connectivity index (χ0) is 22.8. The molecule has 0 bridgehead atoms. The number of rotatable bonds is 9. The number of aldehydes is 1. The number of ether oxygens (including phenoxy) is 1. The quantitative estimate of drug-likeness (QED) is 0.278. The van der Waals surface area contributed by atoms with Crippen molar-refractivity contribution in [2.75, 3.05) is 12.1 Å². The highest BCUT2D eigenvalue weighted by atomic mass is 32.1. The largest absolute Gasteiger partial charge is 0.479 e. The van der Waals surface area contributed by atoms with Gasteiger partial charge in [-0.15, -0.1) is 16.4 Å². The lowest BCUT2D eigenvalue weighted by Gasteiger charge is -2.35. The Hall–Kier alpha value is -3.71. The first-order valence-corrected chi connectivity index (χ1v) is 10.3. The number of hydrogen-bond acceptors (Lipinski definition) is 9. The fourth-order valence-corrected chi connectivity index (χ4v) is 3.70. The van der Waals surface area contributed by atoms with Gasteiger partial charge in [-0.25, -0.2) is 23.9 Å². The monoisotopic (exact) mass is 460 g/mol. The first-order valence-electron chi connectivity index (χ1n) is 9.34. The highest BCUT2D eigenvalue weighted by Crippen LogP contribution is 2.28. The smallest absolute Gasteiger partial charge is 0.336 e. The highest BCUT2D eigenvalue weighted by Gasteiger charge is 2.54. The average Bonchev–Trinajstić information content (AvgIpc) is 3.17. The molecule has 1 fully saturated rings. The van der Waals surface area contributed by atoms with E-state index in [0.717, 1.165) is 5.01 Å². The third-order valence-electron chi connectivity index (χ3n) is 4.80. The molecule has 0 saturated carbocycles. The van der Waals surface area contributed by atoms with Crippen LogP contribution >= 0.6 is 11.3 Å². The number of carbonyl (C=O) groups excluding carboxylic acids is 2. The molecule has 3 atom stereocenters. The number of carboxylic acids is 1. The SMILES string of the molecule is CN(c1cn(-c2ccc(F)cc2)nn1)N(C(=O)[C@H]1O[C@@H]1C(=O)O)[C@H](C=O)Cc1cscn1. The number of anilines is 1. The molecule has 166 valence electrons. The van der Waals surface area contributed by atoms with Gasteiger partial charge in [0.2, 0.25) is 0 Å². The predicted octanol–water partition coefficient (Wildman–Crippen LogP) is 0.705. The first kappa shape index (κ1) is 21.5. The lowest BCUT2D eigenvalue weighted by Crippen LogP contribution is -2.54. The number of aliphatic carboxylic acids is 1. The van der Waals surface area contributed by atoms with Crippen molar-refractivity contribution in [3.8, 4) is 5.69 Å². The lowest BCUT2D eigenvalue weighted by atomic mass is 10.1. The van der Waals surface area contributed by atoms with E-state index < -0.39 is 35.9 Å². The van der Waals surface area contributed by atoms with E-state index in [2.05, 4.69) is 15.3 Å². The summed E-state index contributed by atoms with van der Waals surface area (Å²) in [6.45, 7) is 0. The number of benzene rings is 1. The van der Waals surface area contributed by atoms with Gasteiger partial charge < -0.3 is 14.6 Å². The summed E-state index contributed by atoms with van der Waals surface area (Å²) in [5.74, 6) is -2.18. The molecule has 4 rings (SSSR count). The summed E-state index contributed by atoms with van der Waals surface area (Å²) in [4.78, 5) is 40.4. The van der Waals surface area contributed by atoms with Gasteiger partial charge in [-0.2, -0.15) is 0 Å². The molecule has 1 N–H and O–H groups in total. The number of thiazole rings is 1. The molecule has 13 heteroatoms. The Labute approximate surface area is 184 Å². The van der Waals surface area contributed by atoms with Gasteiger partial charge in [0.05, 0.1) is 23.1 Å². The maximum atomic E-state index is 13.2. The van der Waals surface area contributed by atoms with E-state index in [4.69, 9.17) is 9.84 Å². The van der Waals surface area contributed by atoms with Crippen LogP contribution in [0, 0.1) is 5.82 Å². The van der Waals surface area contributed by atoms with E-state index in [1.54, 1.807) is 10.9 Å². The number of nitrogens with zero attached hydrogens (tertiary/aromatic N) is 6. The van der Waals surface area contributed by atoms with E-state index >= 15 is 0 Å². The number of halogens is 1. The van der Waals surface area contributed by atoms with Crippen LogP contribution in [-0.2, 0) is 25.5 Å². The van der Waals surface area contributed by atoms with Crippen molar-refractivity contribution in [2.24, 2.45) is 0 Å². The number of carbonyl (C=O) groups is 3. The topological polar surface area (TPSA) is 134 Å². The molecule has 1 aliphatic heterocycles. The van der Waals surface area contributed by atoms with Gasteiger partial charge in [-0.05, 0) is 24.3 Å². The Morgan fingerprint density at radius 2 is 2.09 bits per heavy atom. The zero-order valence-electron chi connectivity index (χ0n) is 16.6. The zero-order valence-corrected chi connectivity index (χ0v) is 17.4. The molecule has 0 aliphatic carbocycles. The van der Waals surface area contributed by atoms with E-state index in [9.17, 15) is 18.8 Å². The summed E-state index contributed by atoms with van der Waals surface area (Å²) in [5, 5.41) is 21.3. The van der Waals surface area contributed by atoms with Crippen LogP contribution < -0.4 is 5.01 Å². The van der Waals surface area contributed by atoms with Gasteiger partial charge in [-0.3, -0.25) is 9.80 Å². The summed E-state index contributed by atoms with van der Waals surface area (Å²) in [5.41, 5.74) is 2.73. The Bertz CT molecular complexity index is 1120. The molecule has 3 aromatic rings. The minimum atomic E-state index is -1.28. The molecular weight excluding hydrogens is 443 g/mol. The number of aromatic nitrogens is 4. The molecule has 32 heavy (non-hydrogen) atoms. The normalized spacial score (nSPS) is 18.1. The van der Waals surface area contributed by atoms with E-state index in [1.807, 2.05) is 0 Å². The Morgan fingerprint density at radius 1 is 1.34 bits per heavy atom. The summed E-state index contributed by atoms with van der Waals surface area (Å²) in [6.07, 6.45) is -0.323. The van der Waals surface area contributed by atoms with E-state index in [-0.39, 0.29) is 12.2 Å². The maximum absolute atomic E-state index is 13.2. The van der Waals surface area contributed by atoms with Crippen LogP contribution in [-0.4, -0.2) is 73.6 Å². The fraction of sp³-hybridized carbons (Fsp3) is 0.263. The molecule has 1 aliphatic rings. The molecule has 1 saturated heterocycles. The van der Waals surface area contributed by atoms with Crippen LogP contribution in [0.3, 0.4) is 0 Å². The Balaban J connectivity index is 1.62. The Morgan fingerprint density at radius 3 is 2.69 bits per heavy atom. The van der Waals surface area contributed by atoms with Crippen molar-refractivity contribution < 1.29 is 28.6 Å². The number of carboxylic acid groups (broad SMARTS) is 1. The van der Waals surface area contributed by atoms with Crippen LogP contribution in [0.25, 0.3) is 5.69 Å². The van der Waals surface area contributed by atoms with Crippen molar-refractivity contribution in [2.45, 2.75) is 24.7 Å². The van der Waals surface area contributed by atoms with Crippen molar-refractivity contribution in [3.63, 3.8) is 0 Å². The first-order chi connectivity index (χ1) is 15.4. The van der Waals surface area contributed by atoms with Gasteiger partial charge in [-0.1, -0.05) is 5.21 Å². The predicted molar refractivity (Wildman–Crippen MR) is 109 cm³/mol. The molecule has 2 aromatic heterocycles. The molecule has 1 aromatic carbocycles. The number of hydrogen-bond donors (Lipinski definition) is 1. The molecular formula is C19H17FN6O5S. The summed E-state index contributed by atoms with van der Waals surface area (Å²) < 4.78 is 19.6. The molecule has 11 nitrogen and oxygen atoms in total. The maximum Gasteiger partial charge on any atom is 0.336 e. The second-order valence-electron chi connectivity index (χ2n) is 6.91. The molecule has 0 spiro atoms. The van der Waals surface area contributed by atoms with Crippen molar-refractivity contribution in [3.05, 3.63) is 52.9 Å². The molecule has 0 unspecified atom stereocenters. The summed E-state index contributed by atoms with van der Waals surface area (Å²) in [7, 11) is 1.49. The van der Waals surface area contributed by atoms with Crippen molar-refractivity contribution in [1.29, 1.82) is 0 Å². The number of hydrazine groups is 1. The van der Waals surface area contributed by atoms with Crippen LogP contribution in [0.2, 0.25) is 0 Å². The average molecular weight is 460 g/mol. The lowest BCUT2D eigenvalue weighted by molar-refractivity contribution is -0.140. The van der Waals surface area contributed by atoms with Crippen LogP contribution in [0.1, 0.15) is 5.69 Å². The second kappa shape index (κ2) is 8.80. The minimum absolute atomic E-state index is 0.111. The fourth-order valence-electron chi connectivity index (χ4n) is 3.13. The molecule has 3 heterocycles. The van der Waals surface area contributed by atoms with E-state index in [0.29, 0.717) is 17.7 Å². The van der Waals surface area contributed by atoms with Gasteiger partial charge in [0.15, 0.2) is 18.0 Å². The van der Waals surface area contributed by atoms with Crippen molar-refractivity contribution >= 4 is 35.3 Å². The van der Waals surface area contributed by atoms with Gasteiger partial charge in [0.1, 0.15) is 18.1 Å². The number of amides is 1. The molecule has 0 radical (unpaired) electrons. The Kier molecular flexibility index (Phi) is 5.92. The highest BCUT2D eigenvalue weighted by molar-refractivity contribution is 7.07. The standard InChI is InChI=1S/C19H17FN6O5S/c1-24(15-7-25(23-22-15)13-4-2-11(20)3-5-13)26(18(28)16-17(31-16)19(29)30)14(8-27)6-12-9-32-10-21-12/h2-5,7-10,14,16-17H,6H2,1H3,(H,29,30)/t14-,16-,17-/m0/s1. The minimum Gasteiger partial charge on any atom is -0.479 e. The van der Waals surface area contributed by atoms with Gasteiger partial charge in [0.25, 0.3) is 5.91 Å². The second-order valence-corrected chi connectivity index (χ2v) is 7.63.